The molecular formula is C15H10N2O6. The van der Waals surface area contributed by atoms with Gasteiger partial charge in [-0.3, -0.25) is 15.1 Å². The first-order valence-electron chi connectivity index (χ1n) is 6.40. The Morgan fingerprint density at radius 1 is 1.17 bits per heavy atom. The lowest BCUT2D eigenvalue weighted by Crippen LogP contribution is -2.09. The minimum absolute atomic E-state index is 0.0350. The van der Waals surface area contributed by atoms with Gasteiger partial charge in [-0.1, -0.05) is 0 Å². The molecule has 0 fully saturated rings. The summed E-state index contributed by atoms with van der Waals surface area (Å²) in [5, 5.41) is 30.4. The predicted molar refractivity (Wildman–Crippen MR) is 80.7 cm³/mol. The number of nitrogens with one attached hydrogen (secondary N) is 1. The third-order valence-corrected chi connectivity index (χ3v) is 3.13. The van der Waals surface area contributed by atoms with Gasteiger partial charge in [0.1, 0.15) is 11.5 Å². The van der Waals surface area contributed by atoms with Gasteiger partial charge in [0.15, 0.2) is 16.8 Å². The maximum atomic E-state index is 12.1. The van der Waals surface area contributed by atoms with E-state index in [1.165, 1.54) is 24.4 Å². The fourth-order valence-electron chi connectivity index (χ4n) is 2.16. The van der Waals surface area contributed by atoms with Crippen LogP contribution in [0.5, 0.6) is 11.5 Å². The molecule has 0 aliphatic carbocycles. The van der Waals surface area contributed by atoms with E-state index in [9.17, 15) is 19.8 Å². The molecule has 3 aromatic rings. The SMILES string of the molecule is O=C(O)Nc1cc(O)ccc1-c1cc(=O)c2cncc(O)c2o1. The second-order valence-electron chi connectivity index (χ2n) is 4.67. The Balaban J connectivity index is 2.27. The maximum Gasteiger partial charge on any atom is 0.409 e. The summed E-state index contributed by atoms with van der Waals surface area (Å²) in [7, 11) is 0. The molecule has 0 aliphatic heterocycles. The zero-order valence-electron chi connectivity index (χ0n) is 11.5. The van der Waals surface area contributed by atoms with E-state index in [-0.39, 0.29) is 39.5 Å². The summed E-state index contributed by atoms with van der Waals surface area (Å²) in [6, 6.07) is 5.05. The van der Waals surface area contributed by atoms with Gasteiger partial charge in [-0.15, -0.1) is 0 Å². The van der Waals surface area contributed by atoms with Crippen molar-refractivity contribution in [2.75, 3.05) is 5.32 Å². The van der Waals surface area contributed by atoms with Gasteiger partial charge >= 0.3 is 6.09 Å². The Hall–Kier alpha value is -3.55. The minimum Gasteiger partial charge on any atom is -0.508 e. The molecule has 23 heavy (non-hydrogen) atoms. The molecule has 0 bridgehead atoms. The molecule has 0 radical (unpaired) electrons. The van der Waals surface area contributed by atoms with Gasteiger partial charge in [-0.2, -0.15) is 0 Å². The highest BCUT2D eigenvalue weighted by molar-refractivity contribution is 5.91. The van der Waals surface area contributed by atoms with Crippen molar-refractivity contribution in [1.29, 1.82) is 0 Å². The highest BCUT2D eigenvalue weighted by Crippen LogP contribution is 2.33. The number of aromatic nitrogens is 1. The molecule has 0 aliphatic rings. The number of hydrogen-bond acceptors (Lipinski definition) is 6. The topological polar surface area (TPSA) is 133 Å². The Morgan fingerprint density at radius 3 is 2.70 bits per heavy atom. The van der Waals surface area contributed by atoms with Crippen LogP contribution >= 0.6 is 0 Å². The highest BCUT2D eigenvalue weighted by Gasteiger charge is 2.15. The molecule has 8 heteroatoms. The van der Waals surface area contributed by atoms with Gasteiger partial charge in [0, 0.05) is 23.9 Å². The van der Waals surface area contributed by atoms with Crippen molar-refractivity contribution in [1.82, 2.24) is 4.98 Å². The Kier molecular flexibility index (Phi) is 3.34. The van der Waals surface area contributed by atoms with E-state index >= 15 is 0 Å². The quantitative estimate of drug-likeness (QED) is 0.570. The molecule has 0 unspecified atom stereocenters. The minimum atomic E-state index is -1.34. The van der Waals surface area contributed by atoms with Crippen LogP contribution in [0.3, 0.4) is 0 Å². The van der Waals surface area contributed by atoms with Crippen LogP contribution in [-0.4, -0.2) is 26.4 Å². The molecule has 0 saturated carbocycles. The van der Waals surface area contributed by atoms with E-state index in [4.69, 9.17) is 9.52 Å². The van der Waals surface area contributed by atoms with E-state index in [0.29, 0.717) is 0 Å². The van der Waals surface area contributed by atoms with Crippen LogP contribution in [0.25, 0.3) is 22.3 Å². The molecule has 0 spiro atoms. The Morgan fingerprint density at radius 2 is 1.96 bits per heavy atom. The largest absolute Gasteiger partial charge is 0.508 e. The zero-order valence-corrected chi connectivity index (χ0v) is 11.5. The molecule has 116 valence electrons. The molecule has 4 N–H and O–H groups in total. The number of pyridine rings is 1. The van der Waals surface area contributed by atoms with E-state index in [1.54, 1.807) is 0 Å². The Bertz CT molecular complexity index is 979. The average Bonchev–Trinajstić information content (AvgIpc) is 2.48. The van der Waals surface area contributed by atoms with Crippen molar-refractivity contribution in [2.24, 2.45) is 0 Å². The lowest BCUT2D eigenvalue weighted by atomic mass is 10.1. The zero-order chi connectivity index (χ0) is 16.6. The van der Waals surface area contributed by atoms with Crippen molar-refractivity contribution in [2.45, 2.75) is 0 Å². The monoisotopic (exact) mass is 314 g/mol. The second kappa shape index (κ2) is 5.34. The number of phenolic OH excluding ortho intramolecular Hbond substituents is 1. The number of rotatable bonds is 2. The first-order valence-corrected chi connectivity index (χ1v) is 6.40. The van der Waals surface area contributed by atoms with Crippen LogP contribution in [0.15, 0.2) is 45.9 Å². The van der Waals surface area contributed by atoms with Crippen LogP contribution in [-0.2, 0) is 0 Å². The van der Waals surface area contributed by atoms with Gasteiger partial charge in [-0.25, -0.2) is 4.79 Å². The number of phenols is 1. The van der Waals surface area contributed by atoms with Crippen LogP contribution in [0, 0.1) is 0 Å². The number of nitrogens with zero attached hydrogens (tertiary/aromatic N) is 1. The van der Waals surface area contributed by atoms with E-state index in [0.717, 1.165) is 12.3 Å². The van der Waals surface area contributed by atoms with Crippen LogP contribution in [0.4, 0.5) is 10.5 Å². The van der Waals surface area contributed by atoms with Gasteiger partial charge in [0.05, 0.1) is 17.3 Å². The summed E-state index contributed by atoms with van der Waals surface area (Å²) in [4.78, 5) is 26.7. The number of hydrogen-bond donors (Lipinski definition) is 4. The Labute approximate surface area is 128 Å². The third-order valence-electron chi connectivity index (χ3n) is 3.13. The lowest BCUT2D eigenvalue weighted by Gasteiger charge is -2.10. The third kappa shape index (κ3) is 2.64. The van der Waals surface area contributed by atoms with Gasteiger partial charge in [0.25, 0.3) is 0 Å². The van der Waals surface area contributed by atoms with Gasteiger partial charge < -0.3 is 19.7 Å². The van der Waals surface area contributed by atoms with Crippen molar-refractivity contribution in [3.8, 4) is 22.8 Å². The lowest BCUT2D eigenvalue weighted by molar-refractivity contribution is 0.210. The van der Waals surface area contributed by atoms with Crippen LogP contribution in [0.2, 0.25) is 0 Å². The van der Waals surface area contributed by atoms with Crippen LogP contribution in [0.1, 0.15) is 0 Å². The first kappa shape index (κ1) is 14.4. The van der Waals surface area contributed by atoms with Crippen molar-refractivity contribution in [3.05, 3.63) is 46.9 Å². The number of benzene rings is 1. The van der Waals surface area contributed by atoms with E-state index < -0.39 is 11.5 Å². The molecule has 0 saturated heterocycles. The van der Waals surface area contributed by atoms with E-state index in [1.807, 2.05) is 0 Å². The average molecular weight is 314 g/mol. The molecule has 2 aromatic heterocycles. The van der Waals surface area contributed by atoms with Crippen molar-refractivity contribution in [3.63, 3.8) is 0 Å². The number of carbonyl (C=O) groups is 1. The predicted octanol–water partition coefficient (Wildman–Crippen LogP) is 2.36. The number of carboxylic acid groups (broad SMARTS) is 1. The van der Waals surface area contributed by atoms with E-state index in [2.05, 4.69) is 10.3 Å². The number of aromatic hydroxyl groups is 2. The van der Waals surface area contributed by atoms with Gasteiger partial charge in [-0.05, 0) is 12.1 Å². The molecule has 1 amide bonds. The number of fused-ring (bicyclic) bond motifs is 1. The fourth-order valence-corrected chi connectivity index (χ4v) is 2.16. The highest BCUT2D eigenvalue weighted by atomic mass is 16.4. The standard InChI is InChI=1S/C15H10N2O6/c18-7-1-2-8(10(3-7)17-15(21)22)13-4-11(19)9-5-16-6-12(20)14(9)23-13/h1-6,17-18,20H,(H,21,22). The van der Waals surface area contributed by atoms with Crippen molar-refractivity contribution < 1.29 is 24.5 Å². The summed E-state index contributed by atoms with van der Waals surface area (Å²) >= 11 is 0. The number of amides is 1. The molecule has 1 aromatic carbocycles. The first-order chi connectivity index (χ1) is 11.0. The fraction of sp³-hybridized carbons (Fsp3) is 0. The summed E-state index contributed by atoms with van der Waals surface area (Å²) < 4.78 is 5.52. The number of anilines is 1. The summed E-state index contributed by atoms with van der Waals surface area (Å²) in [5.74, 6) is -0.437. The molecular weight excluding hydrogens is 304 g/mol. The maximum absolute atomic E-state index is 12.1. The van der Waals surface area contributed by atoms with Gasteiger partial charge in [0.2, 0.25) is 0 Å². The molecule has 0 atom stereocenters. The summed E-state index contributed by atoms with van der Waals surface area (Å²) in [6.07, 6.45) is 1.05. The second-order valence-corrected chi connectivity index (χ2v) is 4.67. The van der Waals surface area contributed by atoms with Crippen LogP contribution < -0.4 is 10.7 Å². The van der Waals surface area contributed by atoms with Crippen molar-refractivity contribution >= 4 is 22.7 Å². The smallest absolute Gasteiger partial charge is 0.409 e. The molecule has 3 rings (SSSR count). The molecule has 2 heterocycles. The summed E-state index contributed by atoms with van der Waals surface area (Å²) in [6.45, 7) is 0. The normalized spacial score (nSPS) is 10.6. The molecule has 8 nitrogen and oxygen atoms in total. The summed E-state index contributed by atoms with van der Waals surface area (Å²) in [5.41, 5.74) is -0.232.